The third kappa shape index (κ3) is 3.56. The molecule has 0 aromatic heterocycles. The molecule has 0 amide bonds. The summed E-state index contributed by atoms with van der Waals surface area (Å²) in [6.07, 6.45) is 1.23. The summed E-state index contributed by atoms with van der Waals surface area (Å²) in [6, 6.07) is 0.714. The van der Waals surface area contributed by atoms with Crippen LogP contribution in [0.1, 0.15) is 27.2 Å². The highest BCUT2D eigenvalue weighted by molar-refractivity contribution is 4.84. The van der Waals surface area contributed by atoms with Crippen molar-refractivity contribution in [3.8, 4) is 0 Å². The summed E-state index contributed by atoms with van der Waals surface area (Å²) < 4.78 is 0. The van der Waals surface area contributed by atoms with Crippen LogP contribution in [-0.4, -0.2) is 54.6 Å². The van der Waals surface area contributed by atoms with Gasteiger partial charge in [0.05, 0.1) is 0 Å². The first-order chi connectivity index (χ1) is 6.42. The van der Waals surface area contributed by atoms with Crippen LogP contribution >= 0.6 is 0 Å². The van der Waals surface area contributed by atoms with E-state index in [1.165, 1.54) is 19.5 Å². The van der Waals surface area contributed by atoms with Gasteiger partial charge in [0.25, 0.3) is 0 Å². The molecule has 1 unspecified atom stereocenters. The van der Waals surface area contributed by atoms with Crippen LogP contribution in [0.4, 0.5) is 0 Å². The van der Waals surface area contributed by atoms with E-state index in [4.69, 9.17) is 5.73 Å². The van der Waals surface area contributed by atoms with Gasteiger partial charge < -0.3 is 10.6 Å². The van der Waals surface area contributed by atoms with E-state index in [2.05, 4.69) is 37.6 Å². The zero-order chi connectivity index (χ0) is 10.8. The fourth-order valence-electron chi connectivity index (χ4n) is 2.17. The predicted molar refractivity (Wildman–Crippen MR) is 61.4 cm³/mol. The number of rotatable bonds is 3. The number of likely N-dealkylation sites (N-methyl/N-ethyl adjacent to an activating group) is 1. The first-order valence-corrected chi connectivity index (χ1v) is 5.64. The summed E-state index contributed by atoms with van der Waals surface area (Å²) in [6.45, 7) is 11.0. The molecule has 0 radical (unpaired) electrons. The average Bonchev–Trinajstić information content (AvgIpc) is 2.06. The summed E-state index contributed by atoms with van der Waals surface area (Å²) in [7, 11) is 2.22. The number of nitrogens with zero attached hydrogens (tertiary/aromatic N) is 2. The zero-order valence-electron chi connectivity index (χ0n) is 10.1. The molecular formula is C11H25N3. The van der Waals surface area contributed by atoms with Gasteiger partial charge in [-0.1, -0.05) is 6.92 Å². The molecule has 0 spiro atoms. The van der Waals surface area contributed by atoms with Crippen LogP contribution in [0.25, 0.3) is 0 Å². The van der Waals surface area contributed by atoms with Crippen LogP contribution in [-0.2, 0) is 0 Å². The lowest BCUT2D eigenvalue weighted by Crippen LogP contribution is -2.55. The van der Waals surface area contributed by atoms with Crippen molar-refractivity contribution >= 4 is 0 Å². The van der Waals surface area contributed by atoms with E-state index >= 15 is 0 Å². The number of hydrogen-bond donors (Lipinski definition) is 1. The third-order valence-electron chi connectivity index (χ3n) is 2.96. The quantitative estimate of drug-likeness (QED) is 0.728. The molecule has 3 nitrogen and oxygen atoms in total. The molecule has 0 aliphatic carbocycles. The second-order valence-corrected chi connectivity index (χ2v) is 5.27. The van der Waals surface area contributed by atoms with Gasteiger partial charge in [0.2, 0.25) is 0 Å². The van der Waals surface area contributed by atoms with Gasteiger partial charge in [0, 0.05) is 37.8 Å². The SMILES string of the molecule is CCC1CN(CC(C)(C)N)CCN1C. The highest BCUT2D eigenvalue weighted by Gasteiger charge is 2.25. The Morgan fingerprint density at radius 2 is 2.00 bits per heavy atom. The van der Waals surface area contributed by atoms with E-state index in [-0.39, 0.29) is 5.54 Å². The lowest BCUT2D eigenvalue weighted by Gasteiger charge is -2.41. The van der Waals surface area contributed by atoms with Gasteiger partial charge in [-0.2, -0.15) is 0 Å². The molecule has 0 aromatic carbocycles. The van der Waals surface area contributed by atoms with Gasteiger partial charge >= 0.3 is 0 Å². The molecule has 0 aromatic rings. The minimum atomic E-state index is -0.0613. The van der Waals surface area contributed by atoms with Gasteiger partial charge in [-0.15, -0.1) is 0 Å². The first-order valence-electron chi connectivity index (χ1n) is 5.64. The number of hydrogen-bond acceptors (Lipinski definition) is 3. The van der Waals surface area contributed by atoms with Crippen LogP contribution in [0, 0.1) is 0 Å². The van der Waals surface area contributed by atoms with E-state index in [1.54, 1.807) is 0 Å². The molecule has 1 fully saturated rings. The van der Waals surface area contributed by atoms with Crippen LogP contribution < -0.4 is 5.73 Å². The molecule has 1 saturated heterocycles. The van der Waals surface area contributed by atoms with Crippen molar-refractivity contribution in [2.75, 3.05) is 33.2 Å². The minimum Gasteiger partial charge on any atom is -0.324 e. The molecule has 84 valence electrons. The highest BCUT2D eigenvalue weighted by Crippen LogP contribution is 2.12. The molecule has 1 aliphatic rings. The van der Waals surface area contributed by atoms with Gasteiger partial charge in [-0.05, 0) is 27.3 Å². The average molecular weight is 199 g/mol. The fourth-order valence-corrected chi connectivity index (χ4v) is 2.17. The lowest BCUT2D eigenvalue weighted by atomic mass is 10.0. The molecule has 1 aliphatic heterocycles. The summed E-state index contributed by atoms with van der Waals surface area (Å²) in [4.78, 5) is 4.95. The lowest BCUT2D eigenvalue weighted by molar-refractivity contribution is 0.0807. The van der Waals surface area contributed by atoms with Crippen molar-refractivity contribution in [2.24, 2.45) is 5.73 Å². The van der Waals surface area contributed by atoms with Crippen molar-refractivity contribution in [3.05, 3.63) is 0 Å². The molecule has 0 saturated carbocycles. The molecule has 0 bridgehead atoms. The zero-order valence-corrected chi connectivity index (χ0v) is 10.1. The minimum absolute atomic E-state index is 0.0613. The Morgan fingerprint density at radius 1 is 1.36 bits per heavy atom. The topological polar surface area (TPSA) is 32.5 Å². The Hall–Kier alpha value is -0.120. The van der Waals surface area contributed by atoms with Gasteiger partial charge in [-0.25, -0.2) is 0 Å². The normalized spacial score (nSPS) is 26.8. The van der Waals surface area contributed by atoms with Crippen LogP contribution in [0.3, 0.4) is 0 Å². The van der Waals surface area contributed by atoms with Gasteiger partial charge in [0.15, 0.2) is 0 Å². The van der Waals surface area contributed by atoms with E-state index in [9.17, 15) is 0 Å². The predicted octanol–water partition coefficient (Wildman–Crippen LogP) is 0.750. The Morgan fingerprint density at radius 3 is 2.50 bits per heavy atom. The van der Waals surface area contributed by atoms with Gasteiger partial charge in [-0.3, -0.25) is 4.90 Å². The molecule has 1 atom stereocenters. The molecule has 2 N–H and O–H groups in total. The molecule has 14 heavy (non-hydrogen) atoms. The Balaban J connectivity index is 2.43. The number of nitrogens with two attached hydrogens (primary N) is 1. The van der Waals surface area contributed by atoms with Crippen molar-refractivity contribution < 1.29 is 0 Å². The highest BCUT2D eigenvalue weighted by atomic mass is 15.3. The maximum Gasteiger partial charge on any atom is 0.0226 e. The Kier molecular flexibility index (Phi) is 3.93. The van der Waals surface area contributed by atoms with Crippen LogP contribution in [0.2, 0.25) is 0 Å². The van der Waals surface area contributed by atoms with Gasteiger partial charge in [0.1, 0.15) is 0 Å². The van der Waals surface area contributed by atoms with Crippen molar-refractivity contribution in [1.82, 2.24) is 9.80 Å². The van der Waals surface area contributed by atoms with E-state index < -0.39 is 0 Å². The maximum absolute atomic E-state index is 6.03. The standard InChI is InChI=1S/C11H25N3/c1-5-10-8-14(7-6-13(10)4)9-11(2,3)12/h10H,5-9,12H2,1-4H3. The molecular weight excluding hydrogens is 174 g/mol. The van der Waals surface area contributed by atoms with E-state index in [0.717, 1.165) is 13.1 Å². The summed E-state index contributed by atoms with van der Waals surface area (Å²) in [5, 5.41) is 0. The van der Waals surface area contributed by atoms with Crippen LogP contribution in [0.15, 0.2) is 0 Å². The molecule has 3 heteroatoms. The summed E-state index contributed by atoms with van der Waals surface area (Å²) >= 11 is 0. The van der Waals surface area contributed by atoms with Crippen molar-refractivity contribution in [3.63, 3.8) is 0 Å². The molecule has 1 rings (SSSR count). The maximum atomic E-state index is 6.03. The van der Waals surface area contributed by atoms with Crippen LogP contribution in [0.5, 0.6) is 0 Å². The number of piperazine rings is 1. The largest absolute Gasteiger partial charge is 0.324 e. The second kappa shape index (κ2) is 4.60. The Labute approximate surface area is 88.2 Å². The van der Waals surface area contributed by atoms with Crippen molar-refractivity contribution in [2.45, 2.75) is 38.8 Å². The summed E-state index contributed by atoms with van der Waals surface area (Å²) in [5.41, 5.74) is 5.97. The Bertz CT molecular complexity index is 174. The second-order valence-electron chi connectivity index (χ2n) is 5.27. The smallest absolute Gasteiger partial charge is 0.0226 e. The molecule has 1 heterocycles. The van der Waals surface area contributed by atoms with Crippen molar-refractivity contribution in [1.29, 1.82) is 0 Å². The first kappa shape index (κ1) is 12.0. The fraction of sp³-hybridized carbons (Fsp3) is 1.00. The monoisotopic (exact) mass is 199 g/mol. The van der Waals surface area contributed by atoms with E-state index in [1.807, 2.05) is 0 Å². The van der Waals surface area contributed by atoms with E-state index in [0.29, 0.717) is 6.04 Å². The third-order valence-corrected chi connectivity index (χ3v) is 2.96. The summed E-state index contributed by atoms with van der Waals surface area (Å²) in [5.74, 6) is 0.